The molecule has 6 heteroatoms. The second-order valence-electron chi connectivity index (χ2n) is 5.96. The van der Waals surface area contributed by atoms with Gasteiger partial charge in [0.15, 0.2) is 0 Å². The van der Waals surface area contributed by atoms with Gasteiger partial charge in [-0.3, -0.25) is 4.98 Å². The number of ether oxygens (including phenoxy) is 2. The summed E-state index contributed by atoms with van der Waals surface area (Å²) in [4.78, 5) is 18.1. The van der Waals surface area contributed by atoms with Crippen LogP contribution in [0.2, 0.25) is 0 Å². The molecule has 2 heterocycles. The summed E-state index contributed by atoms with van der Waals surface area (Å²) >= 11 is 0. The number of anilines is 1. The number of aromatic nitrogens is 1. The van der Waals surface area contributed by atoms with Crippen molar-refractivity contribution >= 4 is 11.7 Å². The first-order chi connectivity index (χ1) is 12.7. The smallest absolute Gasteiger partial charge is 0.322 e. The molecular formula is C20H21N3O3. The molecule has 1 aliphatic rings. The number of nitrogens with one attached hydrogen (secondary N) is 1. The molecule has 6 nitrogen and oxygen atoms in total. The van der Waals surface area contributed by atoms with Gasteiger partial charge in [0.2, 0.25) is 0 Å². The van der Waals surface area contributed by atoms with Gasteiger partial charge in [-0.2, -0.15) is 0 Å². The number of amides is 2. The van der Waals surface area contributed by atoms with Crippen LogP contribution in [0.4, 0.5) is 10.5 Å². The Labute approximate surface area is 153 Å². The van der Waals surface area contributed by atoms with Crippen LogP contribution >= 0.6 is 0 Å². The Morgan fingerprint density at radius 2 is 2.19 bits per heavy atom. The van der Waals surface area contributed by atoms with E-state index in [2.05, 4.69) is 16.2 Å². The standard InChI is InChI=1S/C20H21N3O3/c1-2-12-23(15-19-7-4-13-25-19)20(24)22-16-5-3-6-18(14-16)26-17-8-10-21-11-9-17/h1,3,5-6,8-11,14,19H,4,7,12-13,15H2,(H,22,24)/t19-/m1/s1. The van der Waals surface area contributed by atoms with Crippen LogP contribution < -0.4 is 10.1 Å². The summed E-state index contributed by atoms with van der Waals surface area (Å²) in [5.74, 6) is 3.83. The van der Waals surface area contributed by atoms with Gasteiger partial charge in [-0.05, 0) is 37.1 Å². The fourth-order valence-electron chi connectivity index (χ4n) is 2.75. The number of carbonyl (C=O) groups excluding carboxylic acids is 1. The highest BCUT2D eigenvalue weighted by atomic mass is 16.5. The highest BCUT2D eigenvalue weighted by Crippen LogP contribution is 2.24. The molecular weight excluding hydrogens is 330 g/mol. The lowest BCUT2D eigenvalue weighted by molar-refractivity contribution is 0.0867. The second kappa shape index (κ2) is 8.88. The van der Waals surface area contributed by atoms with Crippen molar-refractivity contribution in [2.75, 3.05) is 25.0 Å². The number of pyridine rings is 1. The van der Waals surface area contributed by atoms with Gasteiger partial charge in [-0.1, -0.05) is 12.0 Å². The lowest BCUT2D eigenvalue weighted by Crippen LogP contribution is -2.40. The van der Waals surface area contributed by atoms with Gasteiger partial charge in [0.1, 0.15) is 11.5 Å². The van der Waals surface area contributed by atoms with Crippen molar-refractivity contribution in [3.63, 3.8) is 0 Å². The number of nitrogens with zero attached hydrogens (tertiary/aromatic N) is 2. The van der Waals surface area contributed by atoms with Crippen molar-refractivity contribution in [2.45, 2.75) is 18.9 Å². The average molecular weight is 351 g/mol. The van der Waals surface area contributed by atoms with Crippen molar-refractivity contribution < 1.29 is 14.3 Å². The first kappa shape index (κ1) is 17.8. The Hall–Kier alpha value is -3.04. The zero-order chi connectivity index (χ0) is 18.2. The van der Waals surface area contributed by atoms with Crippen molar-refractivity contribution in [3.05, 3.63) is 48.8 Å². The summed E-state index contributed by atoms with van der Waals surface area (Å²) in [6, 6.07) is 10.5. The number of hydrogen-bond acceptors (Lipinski definition) is 4. The van der Waals surface area contributed by atoms with E-state index in [0.29, 0.717) is 23.7 Å². The molecule has 1 fully saturated rings. The second-order valence-corrected chi connectivity index (χ2v) is 5.96. The van der Waals surface area contributed by atoms with Gasteiger partial charge in [0.25, 0.3) is 0 Å². The molecule has 134 valence electrons. The topological polar surface area (TPSA) is 63.7 Å². The number of urea groups is 1. The molecule has 1 aromatic heterocycles. The lowest BCUT2D eigenvalue weighted by atomic mass is 10.2. The van der Waals surface area contributed by atoms with Gasteiger partial charge in [0.05, 0.1) is 12.6 Å². The number of terminal acetylenes is 1. The molecule has 1 saturated heterocycles. The molecule has 1 N–H and O–H groups in total. The third kappa shape index (κ3) is 4.98. The maximum absolute atomic E-state index is 12.6. The van der Waals surface area contributed by atoms with Crippen LogP contribution in [-0.2, 0) is 4.74 Å². The number of carbonyl (C=O) groups is 1. The van der Waals surface area contributed by atoms with E-state index in [1.165, 1.54) is 0 Å². The SMILES string of the molecule is C#CCN(C[C@H]1CCCO1)C(=O)Nc1cccc(Oc2ccncc2)c1. The molecule has 2 amide bonds. The zero-order valence-corrected chi connectivity index (χ0v) is 14.4. The Kier molecular flexibility index (Phi) is 6.07. The van der Waals surface area contributed by atoms with E-state index in [4.69, 9.17) is 15.9 Å². The van der Waals surface area contributed by atoms with E-state index < -0.39 is 0 Å². The largest absolute Gasteiger partial charge is 0.457 e. The molecule has 0 spiro atoms. The molecule has 2 aromatic rings. The average Bonchev–Trinajstić information content (AvgIpc) is 3.16. The van der Waals surface area contributed by atoms with Crippen LogP contribution in [0.1, 0.15) is 12.8 Å². The van der Waals surface area contributed by atoms with Gasteiger partial charge >= 0.3 is 6.03 Å². The summed E-state index contributed by atoms with van der Waals surface area (Å²) in [5.41, 5.74) is 0.635. The molecule has 0 aliphatic carbocycles. The molecule has 0 saturated carbocycles. The summed E-state index contributed by atoms with van der Waals surface area (Å²) in [6.45, 7) is 1.46. The fraction of sp³-hybridized carbons (Fsp3) is 0.300. The van der Waals surface area contributed by atoms with E-state index in [9.17, 15) is 4.79 Å². The zero-order valence-electron chi connectivity index (χ0n) is 14.4. The van der Waals surface area contributed by atoms with E-state index in [1.54, 1.807) is 41.6 Å². The van der Waals surface area contributed by atoms with E-state index in [1.807, 2.05) is 12.1 Å². The van der Waals surface area contributed by atoms with Gasteiger partial charge in [0, 0.05) is 37.3 Å². The monoisotopic (exact) mass is 351 g/mol. The van der Waals surface area contributed by atoms with Crippen molar-refractivity contribution in [3.8, 4) is 23.8 Å². The molecule has 1 atom stereocenters. The van der Waals surface area contributed by atoms with Crippen LogP contribution in [0.25, 0.3) is 0 Å². The highest BCUT2D eigenvalue weighted by Gasteiger charge is 2.22. The Morgan fingerprint density at radius 1 is 1.35 bits per heavy atom. The molecule has 3 rings (SSSR count). The van der Waals surface area contributed by atoms with Crippen molar-refractivity contribution in [1.29, 1.82) is 0 Å². The number of hydrogen-bond donors (Lipinski definition) is 1. The van der Waals surface area contributed by atoms with Crippen LogP contribution in [0, 0.1) is 12.3 Å². The normalized spacial score (nSPS) is 15.9. The van der Waals surface area contributed by atoms with Crippen molar-refractivity contribution in [2.24, 2.45) is 0 Å². The number of benzene rings is 1. The van der Waals surface area contributed by atoms with Crippen LogP contribution in [0.3, 0.4) is 0 Å². The lowest BCUT2D eigenvalue weighted by Gasteiger charge is -2.23. The molecule has 0 radical (unpaired) electrons. The first-order valence-corrected chi connectivity index (χ1v) is 8.53. The Bertz CT molecular complexity index is 767. The molecule has 1 aliphatic heterocycles. The van der Waals surface area contributed by atoms with Gasteiger partial charge in [-0.15, -0.1) is 6.42 Å². The van der Waals surface area contributed by atoms with Crippen LogP contribution in [0.5, 0.6) is 11.5 Å². The van der Waals surface area contributed by atoms with Crippen LogP contribution in [-0.4, -0.2) is 41.7 Å². The summed E-state index contributed by atoms with van der Waals surface area (Å²) in [5, 5.41) is 2.87. The van der Waals surface area contributed by atoms with E-state index >= 15 is 0 Å². The van der Waals surface area contributed by atoms with Crippen LogP contribution in [0.15, 0.2) is 48.8 Å². The minimum absolute atomic E-state index is 0.0513. The predicted molar refractivity (Wildman–Crippen MR) is 99.2 cm³/mol. The minimum Gasteiger partial charge on any atom is -0.457 e. The third-order valence-corrected chi connectivity index (χ3v) is 3.99. The van der Waals surface area contributed by atoms with Gasteiger partial charge in [-0.25, -0.2) is 4.79 Å². The highest BCUT2D eigenvalue weighted by molar-refractivity contribution is 5.89. The van der Waals surface area contributed by atoms with E-state index in [0.717, 1.165) is 19.4 Å². The molecule has 0 bridgehead atoms. The third-order valence-electron chi connectivity index (χ3n) is 3.99. The maximum atomic E-state index is 12.6. The molecule has 26 heavy (non-hydrogen) atoms. The predicted octanol–water partition coefficient (Wildman–Crippen LogP) is 3.52. The minimum atomic E-state index is -0.250. The Morgan fingerprint density at radius 3 is 2.92 bits per heavy atom. The maximum Gasteiger partial charge on any atom is 0.322 e. The van der Waals surface area contributed by atoms with Gasteiger partial charge < -0.3 is 19.7 Å². The summed E-state index contributed by atoms with van der Waals surface area (Å²) in [7, 11) is 0. The first-order valence-electron chi connectivity index (χ1n) is 8.53. The molecule has 0 unspecified atom stereocenters. The fourth-order valence-corrected chi connectivity index (χ4v) is 2.75. The summed E-state index contributed by atoms with van der Waals surface area (Å²) in [6.07, 6.45) is 10.7. The van der Waals surface area contributed by atoms with E-state index in [-0.39, 0.29) is 18.7 Å². The number of rotatable bonds is 6. The summed E-state index contributed by atoms with van der Waals surface area (Å²) < 4.78 is 11.4. The molecule has 1 aromatic carbocycles. The van der Waals surface area contributed by atoms with Crippen molar-refractivity contribution in [1.82, 2.24) is 9.88 Å². The quantitative estimate of drug-likeness (QED) is 0.809. The Balaban J connectivity index is 1.63.